The molecule has 1 heterocycles. The highest BCUT2D eigenvalue weighted by Crippen LogP contribution is 2.44. The highest BCUT2D eigenvalue weighted by atomic mass is 19.4. The first kappa shape index (κ1) is 16.0. The summed E-state index contributed by atoms with van der Waals surface area (Å²) in [5.41, 5.74) is -4.80. The van der Waals surface area contributed by atoms with Crippen molar-refractivity contribution < 1.29 is 23.1 Å². The lowest BCUT2D eigenvalue weighted by Gasteiger charge is -2.34. The molecule has 1 unspecified atom stereocenters. The summed E-state index contributed by atoms with van der Waals surface area (Å²) in [4.78, 5) is 12.8. The van der Waals surface area contributed by atoms with Gasteiger partial charge in [-0.2, -0.15) is 13.2 Å². The van der Waals surface area contributed by atoms with Crippen LogP contribution in [0.4, 0.5) is 13.2 Å². The largest absolute Gasteiger partial charge is 0.441 e. The van der Waals surface area contributed by atoms with Gasteiger partial charge in [0, 0.05) is 19.7 Å². The average molecular weight is 313 g/mol. The summed E-state index contributed by atoms with van der Waals surface area (Å²) in [5, 5.41) is 20.3. The number of aliphatic hydroxyl groups is 1. The Balaban J connectivity index is 2.69. The molecule has 0 radical (unpaired) electrons. The summed E-state index contributed by atoms with van der Waals surface area (Å²) in [5.74, 6) is -1.60. The van der Waals surface area contributed by atoms with E-state index >= 15 is 0 Å². The fourth-order valence-electron chi connectivity index (χ4n) is 2.37. The van der Waals surface area contributed by atoms with Crippen LogP contribution in [0.3, 0.4) is 0 Å². The van der Waals surface area contributed by atoms with Crippen molar-refractivity contribution in [1.29, 1.82) is 5.41 Å². The van der Waals surface area contributed by atoms with Crippen LogP contribution in [-0.4, -0.2) is 47.6 Å². The SMILES string of the molecule is CNC1=C(C(=O)c2ccccc2)C(O)(C(F)(F)F)N(C)C1=N. The molecule has 0 bridgehead atoms. The molecule has 0 saturated heterocycles. The number of halogens is 3. The molecule has 0 spiro atoms. The van der Waals surface area contributed by atoms with Gasteiger partial charge in [-0.15, -0.1) is 0 Å². The molecule has 0 fully saturated rings. The number of carbonyl (C=O) groups excluding carboxylic acids is 1. The number of carbonyl (C=O) groups is 1. The zero-order valence-electron chi connectivity index (χ0n) is 11.8. The lowest BCUT2D eigenvalue weighted by Crippen LogP contribution is -2.58. The third-order valence-electron chi connectivity index (χ3n) is 3.56. The Kier molecular flexibility index (Phi) is 3.74. The van der Waals surface area contributed by atoms with Crippen molar-refractivity contribution in [1.82, 2.24) is 10.2 Å². The molecular formula is C14H14F3N3O2. The van der Waals surface area contributed by atoms with Crippen molar-refractivity contribution in [2.75, 3.05) is 14.1 Å². The van der Waals surface area contributed by atoms with Gasteiger partial charge in [-0.05, 0) is 0 Å². The maximum absolute atomic E-state index is 13.4. The van der Waals surface area contributed by atoms with Gasteiger partial charge in [0.25, 0.3) is 5.72 Å². The Labute approximate surface area is 124 Å². The van der Waals surface area contributed by atoms with E-state index in [0.29, 0.717) is 4.90 Å². The summed E-state index contributed by atoms with van der Waals surface area (Å²) >= 11 is 0. The van der Waals surface area contributed by atoms with Gasteiger partial charge < -0.3 is 15.3 Å². The molecule has 5 nitrogen and oxygen atoms in total. The van der Waals surface area contributed by atoms with Crippen LogP contribution in [0.25, 0.3) is 0 Å². The Morgan fingerprint density at radius 3 is 2.32 bits per heavy atom. The summed E-state index contributed by atoms with van der Waals surface area (Å²) in [6.07, 6.45) is -5.15. The van der Waals surface area contributed by atoms with Gasteiger partial charge >= 0.3 is 6.18 Å². The molecule has 8 heteroatoms. The minimum atomic E-state index is -5.15. The summed E-state index contributed by atoms with van der Waals surface area (Å²) in [6.45, 7) is 0. The number of hydrogen-bond acceptors (Lipinski definition) is 4. The number of ketones is 1. The van der Waals surface area contributed by atoms with E-state index in [1.807, 2.05) is 0 Å². The lowest BCUT2D eigenvalue weighted by atomic mass is 9.94. The van der Waals surface area contributed by atoms with Crippen LogP contribution in [0.2, 0.25) is 0 Å². The van der Waals surface area contributed by atoms with Crippen LogP contribution in [-0.2, 0) is 0 Å². The summed E-state index contributed by atoms with van der Waals surface area (Å²) in [7, 11) is 2.20. The molecule has 22 heavy (non-hydrogen) atoms. The van der Waals surface area contributed by atoms with Crippen molar-refractivity contribution in [3.05, 3.63) is 47.2 Å². The van der Waals surface area contributed by atoms with E-state index in [-0.39, 0.29) is 11.3 Å². The Morgan fingerprint density at radius 2 is 1.86 bits per heavy atom. The topological polar surface area (TPSA) is 76.4 Å². The quantitative estimate of drug-likeness (QED) is 0.740. The standard InChI is InChI=1S/C14H14F3N3O2/c1-19-10-9(11(21)8-6-4-3-5-7-8)13(22,14(15,16)17)20(2)12(10)18/h3-7,18-19,22H,1-2H3. The Morgan fingerprint density at radius 1 is 1.32 bits per heavy atom. The van der Waals surface area contributed by atoms with E-state index in [1.165, 1.54) is 31.3 Å². The number of likely N-dealkylation sites (N-methyl/N-ethyl adjacent to an activating group) is 2. The number of rotatable bonds is 3. The lowest BCUT2D eigenvalue weighted by molar-refractivity contribution is -0.276. The van der Waals surface area contributed by atoms with E-state index in [4.69, 9.17) is 5.41 Å². The van der Waals surface area contributed by atoms with E-state index in [0.717, 1.165) is 7.05 Å². The smallest absolute Gasteiger partial charge is 0.385 e. The molecule has 0 amide bonds. The van der Waals surface area contributed by atoms with Crippen LogP contribution in [0.1, 0.15) is 10.4 Å². The molecule has 118 valence electrons. The number of nitrogens with one attached hydrogen (secondary N) is 2. The summed E-state index contributed by atoms with van der Waals surface area (Å²) in [6, 6.07) is 7.32. The zero-order valence-corrected chi connectivity index (χ0v) is 11.8. The molecule has 1 aromatic rings. The van der Waals surface area contributed by atoms with Crippen molar-refractivity contribution in [2.24, 2.45) is 0 Å². The predicted molar refractivity (Wildman–Crippen MR) is 73.4 cm³/mol. The van der Waals surface area contributed by atoms with E-state index in [9.17, 15) is 23.1 Å². The second-order valence-electron chi connectivity index (χ2n) is 4.77. The third kappa shape index (κ3) is 2.07. The fraction of sp³-hybridized carbons (Fsp3) is 0.286. The van der Waals surface area contributed by atoms with Crippen LogP contribution in [0.15, 0.2) is 41.6 Å². The minimum absolute atomic E-state index is 0.00368. The van der Waals surface area contributed by atoms with Gasteiger partial charge in [0.15, 0.2) is 5.78 Å². The monoisotopic (exact) mass is 313 g/mol. The van der Waals surface area contributed by atoms with Crippen LogP contribution in [0.5, 0.6) is 0 Å². The first-order valence-corrected chi connectivity index (χ1v) is 6.30. The van der Waals surface area contributed by atoms with Gasteiger partial charge in [0.2, 0.25) is 0 Å². The normalized spacial score (nSPS) is 22.3. The Hall–Kier alpha value is -2.35. The molecule has 1 aliphatic rings. The van der Waals surface area contributed by atoms with Gasteiger partial charge in [0.05, 0.1) is 11.3 Å². The van der Waals surface area contributed by atoms with Crippen LogP contribution < -0.4 is 5.32 Å². The van der Waals surface area contributed by atoms with Crippen molar-refractivity contribution >= 4 is 11.6 Å². The maximum Gasteiger partial charge on any atom is 0.441 e. The second kappa shape index (κ2) is 5.13. The number of benzene rings is 1. The molecule has 3 N–H and O–H groups in total. The van der Waals surface area contributed by atoms with E-state index in [2.05, 4.69) is 5.32 Å². The van der Waals surface area contributed by atoms with Crippen molar-refractivity contribution in [3.63, 3.8) is 0 Å². The van der Waals surface area contributed by atoms with Crippen molar-refractivity contribution in [2.45, 2.75) is 11.9 Å². The molecule has 0 aliphatic carbocycles. The zero-order chi connectivity index (χ0) is 16.7. The maximum atomic E-state index is 13.4. The predicted octanol–water partition coefficient (Wildman–Crippen LogP) is 1.52. The minimum Gasteiger partial charge on any atom is -0.385 e. The number of amidine groups is 1. The van der Waals surface area contributed by atoms with E-state index < -0.39 is 29.1 Å². The molecule has 1 aliphatic heterocycles. The van der Waals surface area contributed by atoms with Gasteiger partial charge in [-0.3, -0.25) is 10.2 Å². The van der Waals surface area contributed by atoms with Crippen LogP contribution in [0, 0.1) is 5.41 Å². The number of nitrogens with zero attached hydrogens (tertiary/aromatic N) is 1. The number of Topliss-reactive ketones (excluding diaryl/α,β-unsaturated/α-hetero) is 1. The average Bonchev–Trinajstić information content (AvgIpc) is 2.68. The summed E-state index contributed by atoms with van der Waals surface area (Å²) < 4.78 is 40.2. The molecular weight excluding hydrogens is 299 g/mol. The highest BCUT2D eigenvalue weighted by molar-refractivity contribution is 6.17. The highest BCUT2D eigenvalue weighted by Gasteiger charge is 2.66. The first-order chi connectivity index (χ1) is 10.2. The molecule has 1 atom stereocenters. The molecule has 1 aromatic carbocycles. The van der Waals surface area contributed by atoms with Gasteiger partial charge in [-0.1, -0.05) is 30.3 Å². The van der Waals surface area contributed by atoms with Gasteiger partial charge in [0.1, 0.15) is 5.84 Å². The van der Waals surface area contributed by atoms with E-state index in [1.54, 1.807) is 6.07 Å². The van der Waals surface area contributed by atoms with Crippen molar-refractivity contribution in [3.8, 4) is 0 Å². The number of alkyl halides is 3. The first-order valence-electron chi connectivity index (χ1n) is 6.30. The second-order valence-corrected chi connectivity index (χ2v) is 4.77. The van der Waals surface area contributed by atoms with Gasteiger partial charge in [-0.25, -0.2) is 0 Å². The Bertz CT molecular complexity index is 655. The molecule has 0 aromatic heterocycles. The number of hydrogen-bond donors (Lipinski definition) is 3. The van der Waals surface area contributed by atoms with Crippen LogP contribution >= 0.6 is 0 Å². The molecule has 0 saturated carbocycles. The molecule has 2 rings (SSSR count). The third-order valence-corrected chi connectivity index (χ3v) is 3.56. The fourth-order valence-corrected chi connectivity index (χ4v) is 2.37.